The van der Waals surface area contributed by atoms with E-state index in [0.29, 0.717) is 0 Å². The molecule has 108 valence electrons. The van der Waals surface area contributed by atoms with Gasteiger partial charge in [-0.3, -0.25) is 0 Å². The maximum absolute atomic E-state index is 6.20. The Morgan fingerprint density at radius 1 is 0.889 bits per heavy atom. The molecule has 0 atom stereocenters. The molecule has 0 spiro atoms. The summed E-state index contributed by atoms with van der Waals surface area (Å²) in [4.78, 5) is 0. The Bertz CT molecular complexity index is 216. The highest BCUT2D eigenvalue weighted by Gasteiger charge is 2.17. The van der Waals surface area contributed by atoms with Crippen molar-refractivity contribution in [1.29, 1.82) is 0 Å². The lowest BCUT2D eigenvalue weighted by molar-refractivity contribution is 0.388. The van der Waals surface area contributed by atoms with Gasteiger partial charge in [-0.1, -0.05) is 46.0 Å². The normalized spacial score (nSPS) is 12.8. The van der Waals surface area contributed by atoms with Gasteiger partial charge in [0.05, 0.1) is 5.76 Å². The number of hydrogen-bond acceptors (Lipinski definition) is 1. The highest BCUT2D eigenvalue weighted by Crippen LogP contribution is 2.18. The Morgan fingerprint density at radius 3 is 2.06 bits per heavy atom. The number of unbranched alkanes of at least 4 members (excludes halogenated alkanes) is 6. The van der Waals surface area contributed by atoms with Gasteiger partial charge in [-0.05, 0) is 45.0 Å². The van der Waals surface area contributed by atoms with Gasteiger partial charge in [-0.15, -0.1) is 0 Å². The average molecular weight is 271 g/mol. The van der Waals surface area contributed by atoms with Crippen molar-refractivity contribution in [3.8, 4) is 0 Å². The van der Waals surface area contributed by atoms with Crippen LogP contribution in [0.2, 0.25) is 19.6 Å². The van der Waals surface area contributed by atoms with Crippen LogP contribution in [0.15, 0.2) is 11.8 Å². The van der Waals surface area contributed by atoms with Crippen LogP contribution in [-0.4, -0.2) is 8.32 Å². The summed E-state index contributed by atoms with van der Waals surface area (Å²) >= 11 is 0. The lowest BCUT2D eigenvalue weighted by atomic mass is 10.1. The quantitative estimate of drug-likeness (QED) is 0.244. The third-order valence-corrected chi connectivity index (χ3v) is 3.77. The number of allylic oxidation sites excluding steroid dienone is 2. The van der Waals surface area contributed by atoms with Gasteiger partial charge in [-0.25, -0.2) is 0 Å². The van der Waals surface area contributed by atoms with Crippen molar-refractivity contribution in [2.24, 2.45) is 0 Å². The first-order valence-corrected chi connectivity index (χ1v) is 11.3. The van der Waals surface area contributed by atoms with Crippen LogP contribution in [0.4, 0.5) is 0 Å². The van der Waals surface area contributed by atoms with Gasteiger partial charge in [-0.2, -0.15) is 0 Å². The zero-order valence-corrected chi connectivity index (χ0v) is 14.3. The molecule has 1 nitrogen and oxygen atoms in total. The molecule has 0 rings (SSSR count). The van der Waals surface area contributed by atoms with Crippen molar-refractivity contribution in [3.05, 3.63) is 11.8 Å². The number of rotatable bonds is 11. The maximum Gasteiger partial charge on any atom is 0.241 e. The second kappa shape index (κ2) is 10.7. The van der Waals surface area contributed by atoms with E-state index in [0.717, 1.165) is 6.42 Å². The van der Waals surface area contributed by atoms with E-state index in [1.165, 1.54) is 57.1 Å². The van der Waals surface area contributed by atoms with Crippen LogP contribution in [0.3, 0.4) is 0 Å². The fourth-order valence-electron chi connectivity index (χ4n) is 1.97. The van der Waals surface area contributed by atoms with Gasteiger partial charge < -0.3 is 4.43 Å². The molecule has 0 fully saturated rings. The molecule has 0 heterocycles. The minimum absolute atomic E-state index is 1.15. The van der Waals surface area contributed by atoms with Crippen LogP contribution in [0, 0.1) is 0 Å². The predicted molar refractivity (Wildman–Crippen MR) is 85.4 cm³/mol. The Kier molecular flexibility index (Phi) is 10.5. The molecule has 0 aliphatic heterocycles. The fraction of sp³-hybridized carbons (Fsp3) is 0.875. The first-order valence-electron chi connectivity index (χ1n) is 7.87. The molecule has 0 aromatic carbocycles. The Morgan fingerprint density at radius 2 is 1.50 bits per heavy atom. The minimum atomic E-state index is -1.43. The molecule has 18 heavy (non-hydrogen) atoms. The maximum atomic E-state index is 6.20. The van der Waals surface area contributed by atoms with Crippen LogP contribution >= 0.6 is 0 Å². The minimum Gasteiger partial charge on any atom is -0.548 e. The summed E-state index contributed by atoms with van der Waals surface area (Å²) in [7, 11) is -1.43. The first-order chi connectivity index (χ1) is 8.49. The molecule has 0 aliphatic carbocycles. The van der Waals surface area contributed by atoms with E-state index in [1.807, 2.05) is 0 Å². The van der Waals surface area contributed by atoms with Gasteiger partial charge in [0.25, 0.3) is 0 Å². The van der Waals surface area contributed by atoms with Crippen molar-refractivity contribution in [2.75, 3.05) is 0 Å². The molecular formula is C16H34OSi. The van der Waals surface area contributed by atoms with Gasteiger partial charge >= 0.3 is 0 Å². The molecule has 0 saturated carbocycles. The van der Waals surface area contributed by atoms with E-state index in [9.17, 15) is 0 Å². The largest absolute Gasteiger partial charge is 0.548 e. The van der Waals surface area contributed by atoms with Crippen molar-refractivity contribution >= 4 is 8.32 Å². The van der Waals surface area contributed by atoms with Crippen LogP contribution in [0.5, 0.6) is 0 Å². The molecule has 2 heteroatoms. The average Bonchev–Trinajstić information content (AvgIpc) is 2.28. The van der Waals surface area contributed by atoms with Gasteiger partial charge in [0, 0.05) is 6.42 Å². The lowest BCUT2D eigenvalue weighted by Crippen LogP contribution is -2.24. The zero-order valence-electron chi connectivity index (χ0n) is 13.3. The van der Waals surface area contributed by atoms with E-state index in [-0.39, 0.29) is 0 Å². The van der Waals surface area contributed by atoms with E-state index in [4.69, 9.17) is 4.43 Å². The molecule has 0 aromatic rings. The molecule has 0 saturated heterocycles. The van der Waals surface area contributed by atoms with Crippen molar-refractivity contribution < 1.29 is 4.43 Å². The third kappa shape index (κ3) is 12.2. The van der Waals surface area contributed by atoms with E-state index in [2.05, 4.69) is 39.6 Å². The highest BCUT2D eigenvalue weighted by molar-refractivity contribution is 6.70. The molecular weight excluding hydrogens is 236 g/mol. The predicted octanol–water partition coefficient (Wildman–Crippen LogP) is 6.27. The first kappa shape index (κ1) is 17.8. The van der Waals surface area contributed by atoms with E-state index in [1.54, 1.807) is 0 Å². The third-order valence-electron chi connectivity index (χ3n) is 2.89. The molecule has 0 amide bonds. The lowest BCUT2D eigenvalue weighted by Gasteiger charge is -2.22. The summed E-state index contributed by atoms with van der Waals surface area (Å²) in [5.74, 6) is 1.28. The summed E-state index contributed by atoms with van der Waals surface area (Å²) in [5.41, 5.74) is 0. The van der Waals surface area contributed by atoms with Crippen molar-refractivity contribution in [3.63, 3.8) is 0 Å². The van der Waals surface area contributed by atoms with Crippen LogP contribution in [0.1, 0.15) is 71.6 Å². The Labute approximate surface area is 116 Å². The van der Waals surface area contributed by atoms with E-state index < -0.39 is 8.32 Å². The van der Waals surface area contributed by atoms with Crippen LogP contribution in [0.25, 0.3) is 0 Å². The van der Waals surface area contributed by atoms with Crippen molar-refractivity contribution in [1.82, 2.24) is 0 Å². The van der Waals surface area contributed by atoms with Gasteiger partial charge in [0.1, 0.15) is 0 Å². The van der Waals surface area contributed by atoms with Crippen molar-refractivity contribution in [2.45, 2.75) is 91.3 Å². The summed E-state index contributed by atoms with van der Waals surface area (Å²) in [6.07, 6.45) is 14.0. The molecule has 0 radical (unpaired) electrons. The van der Waals surface area contributed by atoms with Gasteiger partial charge in [0.2, 0.25) is 8.32 Å². The molecule has 0 bridgehead atoms. The summed E-state index contributed by atoms with van der Waals surface area (Å²) < 4.78 is 6.20. The smallest absolute Gasteiger partial charge is 0.241 e. The standard InChI is InChI=1S/C16H34OSi/c1-6-8-10-12-14-16(17-18(3,4)5)15-13-11-9-7-2/h14H,6-13,15H2,1-5H3/b16-14-. The zero-order chi connectivity index (χ0) is 13.9. The Hall–Kier alpha value is -0.243. The topological polar surface area (TPSA) is 9.23 Å². The highest BCUT2D eigenvalue weighted by atomic mass is 28.4. The molecule has 0 unspecified atom stereocenters. The molecule has 0 aromatic heterocycles. The summed E-state index contributed by atoms with van der Waals surface area (Å²) in [6, 6.07) is 0. The van der Waals surface area contributed by atoms with Crippen LogP contribution in [-0.2, 0) is 4.43 Å². The Balaban J connectivity index is 4.07. The fourth-order valence-corrected chi connectivity index (χ4v) is 2.94. The second-order valence-corrected chi connectivity index (χ2v) is 10.6. The number of hydrogen-bond donors (Lipinski definition) is 0. The van der Waals surface area contributed by atoms with Gasteiger partial charge in [0.15, 0.2) is 0 Å². The SMILES string of the molecule is CCCCC/C=C(/CCCCCC)O[Si](C)(C)C. The monoisotopic (exact) mass is 270 g/mol. The summed E-state index contributed by atoms with van der Waals surface area (Å²) in [6.45, 7) is 11.4. The summed E-state index contributed by atoms with van der Waals surface area (Å²) in [5, 5.41) is 0. The molecule has 0 N–H and O–H groups in total. The second-order valence-electron chi connectivity index (χ2n) is 6.19. The molecule has 0 aliphatic rings. The van der Waals surface area contributed by atoms with Crippen LogP contribution < -0.4 is 0 Å². The van der Waals surface area contributed by atoms with E-state index >= 15 is 0 Å².